The third-order valence-corrected chi connectivity index (χ3v) is 3.56. The van der Waals surface area contributed by atoms with E-state index in [9.17, 15) is 0 Å². The number of aromatic amines is 2. The second-order valence-corrected chi connectivity index (χ2v) is 4.79. The fraction of sp³-hybridized carbons (Fsp3) is 0.0714. The number of H-pyrrole nitrogens is 2. The molecule has 3 heterocycles. The number of aryl methyl sites for hydroxylation is 1. The van der Waals surface area contributed by atoms with Crippen molar-refractivity contribution < 1.29 is 0 Å². The monoisotopic (exact) mass is 264 g/mol. The first kappa shape index (κ1) is 11.0. The summed E-state index contributed by atoms with van der Waals surface area (Å²) in [5, 5.41) is 9.14. The molecule has 4 aromatic rings. The van der Waals surface area contributed by atoms with E-state index >= 15 is 0 Å². The molecule has 0 radical (unpaired) electrons. The highest BCUT2D eigenvalue weighted by molar-refractivity contribution is 5.99. The lowest BCUT2D eigenvalue weighted by Crippen LogP contribution is -1.92. The van der Waals surface area contributed by atoms with Crippen molar-refractivity contribution in [2.24, 2.45) is 0 Å². The zero-order valence-electron chi connectivity index (χ0n) is 10.8. The fourth-order valence-electron chi connectivity index (χ4n) is 2.51. The summed E-state index contributed by atoms with van der Waals surface area (Å²) in [4.78, 5) is 11.4. The van der Waals surface area contributed by atoms with Crippen LogP contribution in [-0.4, -0.2) is 25.1 Å². The maximum absolute atomic E-state index is 5.94. The summed E-state index contributed by atoms with van der Waals surface area (Å²) in [6.07, 6.45) is 3.41. The molecule has 0 bridgehead atoms. The van der Waals surface area contributed by atoms with Gasteiger partial charge in [-0.25, -0.2) is 9.97 Å². The molecule has 0 amide bonds. The van der Waals surface area contributed by atoms with Gasteiger partial charge in [0.25, 0.3) is 0 Å². The lowest BCUT2D eigenvalue weighted by molar-refractivity contribution is 1.09. The average Bonchev–Trinajstić information content (AvgIpc) is 3.04. The van der Waals surface area contributed by atoms with Gasteiger partial charge in [-0.2, -0.15) is 5.10 Å². The summed E-state index contributed by atoms with van der Waals surface area (Å²) in [7, 11) is 0. The fourth-order valence-corrected chi connectivity index (χ4v) is 2.51. The molecule has 0 saturated heterocycles. The Hall–Kier alpha value is -2.89. The minimum Gasteiger partial charge on any atom is -0.383 e. The lowest BCUT2D eigenvalue weighted by atomic mass is 10.1. The summed E-state index contributed by atoms with van der Waals surface area (Å²) < 4.78 is 0. The predicted octanol–water partition coefficient (Wildman–Crippen LogP) is 2.39. The zero-order valence-corrected chi connectivity index (χ0v) is 10.8. The highest BCUT2D eigenvalue weighted by Crippen LogP contribution is 2.30. The van der Waals surface area contributed by atoms with Crippen molar-refractivity contribution in [1.82, 2.24) is 25.1 Å². The molecule has 0 atom stereocenters. The van der Waals surface area contributed by atoms with Crippen LogP contribution in [-0.2, 0) is 0 Å². The van der Waals surface area contributed by atoms with Crippen molar-refractivity contribution in [2.75, 3.05) is 5.73 Å². The number of hydrogen-bond acceptors (Lipinski definition) is 4. The number of benzene rings is 1. The molecule has 0 aliphatic rings. The number of nitrogen functional groups attached to an aromatic ring is 1. The van der Waals surface area contributed by atoms with Crippen molar-refractivity contribution >= 4 is 27.8 Å². The van der Waals surface area contributed by atoms with Crippen molar-refractivity contribution in [1.29, 1.82) is 0 Å². The molecule has 6 heteroatoms. The van der Waals surface area contributed by atoms with Gasteiger partial charge in [0.1, 0.15) is 12.1 Å². The number of rotatable bonds is 1. The number of fused-ring (bicyclic) bond motifs is 2. The molecule has 0 spiro atoms. The van der Waals surface area contributed by atoms with E-state index in [1.165, 1.54) is 17.3 Å². The van der Waals surface area contributed by atoms with E-state index in [0.29, 0.717) is 11.5 Å². The SMILES string of the molecule is Cc1c[nH]c2cc(-c3[nH]nc4ncnc(N)c34)ccc12. The number of nitrogens with zero attached hydrogens (tertiary/aromatic N) is 3. The van der Waals surface area contributed by atoms with Gasteiger partial charge < -0.3 is 10.7 Å². The quantitative estimate of drug-likeness (QED) is 0.491. The Bertz CT molecular complexity index is 933. The van der Waals surface area contributed by atoms with E-state index in [1.54, 1.807) is 0 Å². The second kappa shape index (κ2) is 3.80. The third kappa shape index (κ3) is 1.41. The first-order chi connectivity index (χ1) is 9.74. The van der Waals surface area contributed by atoms with Crippen molar-refractivity contribution in [3.63, 3.8) is 0 Å². The molecule has 4 rings (SSSR count). The van der Waals surface area contributed by atoms with E-state index in [4.69, 9.17) is 5.73 Å². The molecule has 4 N–H and O–H groups in total. The molecule has 0 fully saturated rings. The van der Waals surface area contributed by atoms with Gasteiger partial charge in [-0.3, -0.25) is 5.10 Å². The Morgan fingerprint density at radius 1 is 1.20 bits per heavy atom. The van der Waals surface area contributed by atoms with Crippen LogP contribution in [0.3, 0.4) is 0 Å². The minimum absolute atomic E-state index is 0.432. The van der Waals surface area contributed by atoms with Gasteiger partial charge in [0, 0.05) is 22.7 Å². The molecule has 20 heavy (non-hydrogen) atoms. The van der Waals surface area contributed by atoms with Crippen molar-refractivity contribution in [2.45, 2.75) is 6.92 Å². The standard InChI is InChI=1S/C14H12N6/c1-7-5-16-10-4-8(2-3-9(7)10)12-11-13(15)17-6-18-14(11)20-19-12/h2-6,16H,1H3,(H3,15,17,18,19,20). The van der Waals surface area contributed by atoms with Crippen LogP contribution >= 0.6 is 0 Å². The number of hydrogen-bond donors (Lipinski definition) is 3. The zero-order chi connectivity index (χ0) is 13.7. The molecule has 6 nitrogen and oxygen atoms in total. The smallest absolute Gasteiger partial charge is 0.186 e. The average molecular weight is 264 g/mol. The van der Waals surface area contributed by atoms with Crippen LogP contribution in [0.5, 0.6) is 0 Å². The number of nitrogens with two attached hydrogens (primary N) is 1. The van der Waals surface area contributed by atoms with Crippen LogP contribution in [0.4, 0.5) is 5.82 Å². The van der Waals surface area contributed by atoms with Crippen LogP contribution < -0.4 is 5.73 Å². The molecular formula is C14H12N6. The predicted molar refractivity (Wildman–Crippen MR) is 78.1 cm³/mol. The topological polar surface area (TPSA) is 96.3 Å². The number of aromatic nitrogens is 5. The molecule has 0 saturated carbocycles. The van der Waals surface area contributed by atoms with Crippen LogP contribution in [0, 0.1) is 6.92 Å². The van der Waals surface area contributed by atoms with Gasteiger partial charge in [0.05, 0.1) is 11.1 Å². The summed E-state index contributed by atoms with van der Waals surface area (Å²) in [6, 6.07) is 6.20. The van der Waals surface area contributed by atoms with Gasteiger partial charge in [0.2, 0.25) is 0 Å². The molecule has 3 aromatic heterocycles. The molecule has 98 valence electrons. The number of nitrogens with one attached hydrogen (secondary N) is 2. The van der Waals surface area contributed by atoms with E-state index in [1.807, 2.05) is 12.3 Å². The molecule has 0 unspecified atom stereocenters. The van der Waals surface area contributed by atoms with Crippen LogP contribution in [0.1, 0.15) is 5.56 Å². The Morgan fingerprint density at radius 3 is 3.00 bits per heavy atom. The maximum Gasteiger partial charge on any atom is 0.186 e. The van der Waals surface area contributed by atoms with Crippen LogP contribution in [0.25, 0.3) is 33.2 Å². The molecule has 1 aromatic carbocycles. The van der Waals surface area contributed by atoms with Gasteiger partial charge in [0.15, 0.2) is 5.65 Å². The third-order valence-electron chi connectivity index (χ3n) is 3.56. The van der Waals surface area contributed by atoms with Crippen LogP contribution in [0.2, 0.25) is 0 Å². The first-order valence-electron chi connectivity index (χ1n) is 6.26. The molecule has 0 aliphatic heterocycles. The minimum atomic E-state index is 0.432. The Labute approximate surface area is 114 Å². The van der Waals surface area contributed by atoms with E-state index in [0.717, 1.165) is 22.2 Å². The summed E-state index contributed by atoms with van der Waals surface area (Å²) >= 11 is 0. The van der Waals surface area contributed by atoms with E-state index in [-0.39, 0.29) is 0 Å². The molecular weight excluding hydrogens is 252 g/mol. The Kier molecular flexibility index (Phi) is 2.09. The first-order valence-corrected chi connectivity index (χ1v) is 6.26. The number of anilines is 1. The van der Waals surface area contributed by atoms with Gasteiger partial charge >= 0.3 is 0 Å². The van der Waals surface area contributed by atoms with Gasteiger partial charge in [-0.15, -0.1) is 0 Å². The van der Waals surface area contributed by atoms with Crippen LogP contribution in [0.15, 0.2) is 30.7 Å². The highest BCUT2D eigenvalue weighted by atomic mass is 15.2. The van der Waals surface area contributed by atoms with E-state index in [2.05, 4.69) is 44.2 Å². The Balaban J connectivity index is 2.01. The normalized spacial score (nSPS) is 11.4. The van der Waals surface area contributed by atoms with Gasteiger partial charge in [-0.05, 0) is 18.6 Å². The lowest BCUT2D eigenvalue weighted by Gasteiger charge is -2.01. The summed E-state index contributed by atoms with van der Waals surface area (Å²) in [6.45, 7) is 2.08. The van der Waals surface area contributed by atoms with Gasteiger partial charge in [-0.1, -0.05) is 12.1 Å². The Morgan fingerprint density at radius 2 is 2.10 bits per heavy atom. The summed E-state index contributed by atoms with van der Waals surface area (Å²) in [5.74, 6) is 0.432. The summed E-state index contributed by atoms with van der Waals surface area (Å²) in [5.41, 5.74) is 10.7. The largest absolute Gasteiger partial charge is 0.383 e. The molecule has 0 aliphatic carbocycles. The highest BCUT2D eigenvalue weighted by Gasteiger charge is 2.13. The van der Waals surface area contributed by atoms with Crippen molar-refractivity contribution in [3.8, 4) is 11.3 Å². The second-order valence-electron chi connectivity index (χ2n) is 4.79. The van der Waals surface area contributed by atoms with Crippen molar-refractivity contribution in [3.05, 3.63) is 36.3 Å². The maximum atomic E-state index is 5.94. The van der Waals surface area contributed by atoms with E-state index < -0.39 is 0 Å².